The minimum atomic E-state index is -0.928. The molecule has 0 radical (unpaired) electrons. The summed E-state index contributed by atoms with van der Waals surface area (Å²) in [7, 11) is 3.93. The summed E-state index contributed by atoms with van der Waals surface area (Å²) in [4.78, 5) is 2.02. The third-order valence-corrected chi connectivity index (χ3v) is 3.67. The van der Waals surface area contributed by atoms with Gasteiger partial charge < -0.3 is 10.0 Å². The predicted molar refractivity (Wildman–Crippen MR) is 81.0 cm³/mol. The Hall–Kier alpha value is -1.43. The number of hydrogen-bond acceptors (Lipinski definition) is 3. The molecule has 6 heteroatoms. The van der Waals surface area contributed by atoms with Gasteiger partial charge in [0.05, 0.1) is 23.5 Å². The monoisotopic (exact) mass is 311 g/mol. The van der Waals surface area contributed by atoms with E-state index in [9.17, 15) is 9.50 Å². The molecule has 0 spiro atoms. The Balaban J connectivity index is 2.34. The maximum Gasteiger partial charge on any atom is 0.123 e. The van der Waals surface area contributed by atoms with Gasteiger partial charge >= 0.3 is 0 Å². The Kier molecular flexibility index (Phi) is 4.98. The quantitative estimate of drug-likeness (QED) is 0.923. The first-order chi connectivity index (χ1) is 9.90. The van der Waals surface area contributed by atoms with Crippen molar-refractivity contribution in [2.24, 2.45) is 0 Å². The van der Waals surface area contributed by atoms with E-state index in [4.69, 9.17) is 11.6 Å². The number of likely N-dealkylation sites (N-methyl/N-ethyl adjacent to an activating group) is 1. The van der Waals surface area contributed by atoms with Crippen molar-refractivity contribution in [1.82, 2.24) is 14.7 Å². The van der Waals surface area contributed by atoms with Crippen LogP contribution >= 0.6 is 11.6 Å². The van der Waals surface area contributed by atoms with Gasteiger partial charge in [-0.2, -0.15) is 5.10 Å². The number of aliphatic hydroxyl groups is 1. The molecule has 0 bridgehead atoms. The minimum Gasteiger partial charge on any atom is -0.382 e. The van der Waals surface area contributed by atoms with E-state index in [2.05, 4.69) is 5.10 Å². The van der Waals surface area contributed by atoms with Crippen LogP contribution in [0.3, 0.4) is 0 Å². The van der Waals surface area contributed by atoms with Crippen molar-refractivity contribution in [3.63, 3.8) is 0 Å². The third kappa shape index (κ3) is 3.61. The van der Waals surface area contributed by atoms with Crippen LogP contribution in [0.15, 0.2) is 24.4 Å². The number of aliphatic hydroxyl groups excluding tert-OH is 1. The normalized spacial score (nSPS) is 12.9. The van der Waals surface area contributed by atoms with E-state index in [-0.39, 0.29) is 5.82 Å². The molecule has 4 nitrogen and oxygen atoms in total. The molecule has 1 N–H and O–H groups in total. The second-order valence-electron chi connectivity index (χ2n) is 5.31. The summed E-state index contributed by atoms with van der Waals surface area (Å²) in [5.74, 6) is -0.323. The van der Waals surface area contributed by atoms with Crippen LogP contribution in [0.4, 0.5) is 4.39 Å². The zero-order valence-corrected chi connectivity index (χ0v) is 13.1. The van der Waals surface area contributed by atoms with Crippen LogP contribution in [0.2, 0.25) is 5.02 Å². The number of hydrogen-bond donors (Lipinski definition) is 1. The van der Waals surface area contributed by atoms with Gasteiger partial charge in [0.1, 0.15) is 11.9 Å². The molecule has 1 unspecified atom stereocenters. The van der Waals surface area contributed by atoms with Crippen LogP contribution in [0.25, 0.3) is 0 Å². The van der Waals surface area contributed by atoms with Gasteiger partial charge in [-0.15, -0.1) is 0 Å². The molecule has 0 saturated heterocycles. The number of nitrogens with zero attached hydrogens (tertiary/aromatic N) is 3. The molecule has 1 atom stereocenters. The molecule has 0 saturated carbocycles. The zero-order valence-electron chi connectivity index (χ0n) is 12.3. The van der Waals surface area contributed by atoms with Crippen LogP contribution in [-0.2, 0) is 6.54 Å². The maximum atomic E-state index is 13.2. The lowest BCUT2D eigenvalue weighted by atomic mass is 10.0. The zero-order chi connectivity index (χ0) is 15.6. The van der Waals surface area contributed by atoms with Gasteiger partial charge in [-0.05, 0) is 44.3 Å². The number of aromatic nitrogens is 2. The van der Waals surface area contributed by atoms with Gasteiger partial charge in [-0.25, -0.2) is 4.39 Å². The smallest absolute Gasteiger partial charge is 0.123 e. The molecule has 0 fully saturated rings. The average Bonchev–Trinajstić information content (AvgIpc) is 2.77. The predicted octanol–water partition coefficient (Wildman–Crippen LogP) is 2.63. The number of halogens is 2. The summed E-state index contributed by atoms with van der Waals surface area (Å²) in [5.41, 5.74) is 1.84. The van der Waals surface area contributed by atoms with Gasteiger partial charge in [0.15, 0.2) is 0 Å². The number of benzene rings is 1. The number of rotatable bonds is 5. The molecule has 2 aromatic rings. The van der Waals surface area contributed by atoms with E-state index in [1.807, 2.05) is 19.0 Å². The molecule has 2 rings (SSSR count). The van der Waals surface area contributed by atoms with Gasteiger partial charge in [-0.3, -0.25) is 4.68 Å². The topological polar surface area (TPSA) is 41.3 Å². The molecule has 0 aliphatic heterocycles. The Morgan fingerprint density at radius 1 is 1.43 bits per heavy atom. The lowest BCUT2D eigenvalue weighted by molar-refractivity contribution is 0.205. The van der Waals surface area contributed by atoms with E-state index in [1.54, 1.807) is 17.7 Å². The van der Waals surface area contributed by atoms with Crippen LogP contribution in [0.1, 0.15) is 22.9 Å². The highest BCUT2D eigenvalue weighted by Gasteiger charge is 2.21. The third-order valence-electron chi connectivity index (χ3n) is 3.38. The SMILES string of the molecule is Cc1cc(F)ccc1C(O)c1c(Cl)cnn1CCN(C)C. The second kappa shape index (κ2) is 6.56. The highest BCUT2D eigenvalue weighted by molar-refractivity contribution is 6.31. The molecule has 1 aromatic carbocycles. The van der Waals surface area contributed by atoms with Crippen molar-refractivity contribution in [1.29, 1.82) is 0 Å². The highest BCUT2D eigenvalue weighted by atomic mass is 35.5. The fourth-order valence-corrected chi connectivity index (χ4v) is 2.45. The van der Waals surface area contributed by atoms with E-state index in [1.165, 1.54) is 18.3 Å². The van der Waals surface area contributed by atoms with Crippen LogP contribution < -0.4 is 0 Å². The molecule has 0 aliphatic rings. The van der Waals surface area contributed by atoms with Crippen molar-refractivity contribution in [2.45, 2.75) is 19.6 Å². The number of aryl methyl sites for hydroxylation is 1. The summed E-state index contributed by atoms with van der Waals surface area (Å²) in [6, 6.07) is 4.31. The standard InChI is InChI=1S/C15H19ClFN3O/c1-10-8-11(17)4-5-12(10)15(21)14-13(16)9-18-20(14)7-6-19(2)3/h4-5,8-9,15,21H,6-7H2,1-3H3. The molecule has 0 aliphatic carbocycles. The summed E-state index contributed by atoms with van der Waals surface area (Å²) in [5, 5.41) is 15.2. The second-order valence-corrected chi connectivity index (χ2v) is 5.71. The van der Waals surface area contributed by atoms with Crippen LogP contribution in [-0.4, -0.2) is 40.4 Å². The van der Waals surface area contributed by atoms with E-state index in [0.29, 0.717) is 28.4 Å². The van der Waals surface area contributed by atoms with E-state index < -0.39 is 6.10 Å². The largest absolute Gasteiger partial charge is 0.382 e. The Morgan fingerprint density at radius 3 is 2.76 bits per heavy atom. The van der Waals surface area contributed by atoms with Crippen LogP contribution in [0.5, 0.6) is 0 Å². The summed E-state index contributed by atoms with van der Waals surface area (Å²) in [6.07, 6.45) is 0.594. The first-order valence-electron chi connectivity index (χ1n) is 6.70. The Morgan fingerprint density at radius 2 is 2.14 bits per heavy atom. The van der Waals surface area contributed by atoms with Crippen molar-refractivity contribution in [2.75, 3.05) is 20.6 Å². The Bertz CT molecular complexity index is 627. The van der Waals surface area contributed by atoms with Gasteiger partial charge in [0.2, 0.25) is 0 Å². The Labute approximate surface area is 128 Å². The fourth-order valence-electron chi connectivity index (χ4n) is 2.21. The summed E-state index contributed by atoms with van der Waals surface area (Å²) in [6.45, 7) is 3.16. The summed E-state index contributed by atoms with van der Waals surface area (Å²) < 4.78 is 14.9. The highest BCUT2D eigenvalue weighted by Crippen LogP contribution is 2.30. The molecule has 21 heavy (non-hydrogen) atoms. The first kappa shape index (κ1) is 15.9. The lowest BCUT2D eigenvalue weighted by Gasteiger charge is -2.18. The lowest BCUT2D eigenvalue weighted by Crippen LogP contribution is -2.21. The first-order valence-corrected chi connectivity index (χ1v) is 7.08. The molecule has 114 valence electrons. The van der Waals surface area contributed by atoms with Crippen molar-refractivity contribution < 1.29 is 9.50 Å². The van der Waals surface area contributed by atoms with Crippen molar-refractivity contribution in [3.05, 3.63) is 52.1 Å². The molecule has 0 amide bonds. The van der Waals surface area contributed by atoms with E-state index in [0.717, 1.165) is 6.54 Å². The summed E-state index contributed by atoms with van der Waals surface area (Å²) >= 11 is 6.16. The van der Waals surface area contributed by atoms with Gasteiger partial charge in [0.25, 0.3) is 0 Å². The molecule has 1 heterocycles. The minimum absolute atomic E-state index is 0.323. The molecular formula is C15H19ClFN3O. The molecular weight excluding hydrogens is 293 g/mol. The average molecular weight is 312 g/mol. The van der Waals surface area contributed by atoms with Crippen molar-refractivity contribution >= 4 is 11.6 Å². The van der Waals surface area contributed by atoms with Crippen molar-refractivity contribution in [3.8, 4) is 0 Å². The van der Waals surface area contributed by atoms with E-state index >= 15 is 0 Å². The molecule has 1 aromatic heterocycles. The van der Waals surface area contributed by atoms with Gasteiger partial charge in [-0.1, -0.05) is 17.7 Å². The maximum absolute atomic E-state index is 13.2. The van der Waals surface area contributed by atoms with Crippen LogP contribution in [0, 0.1) is 12.7 Å². The van der Waals surface area contributed by atoms with Gasteiger partial charge in [0, 0.05) is 6.54 Å². The fraction of sp³-hybridized carbons (Fsp3) is 0.400.